The molecule has 10 nitrogen and oxygen atoms in total. The Morgan fingerprint density at radius 1 is 0.786 bits per heavy atom. The van der Waals surface area contributed by atoms with Crippen molar-refractivity contribution in [2.45, 2.75) is 66.2 Å². The summed E-state index contributed by atoms with van der Waals surface area (Å²) in [5.41, 5.74) is 11.1. The largest absolute Gasteiger partial charge is 4.00 e. The van der Waals surface area contributed by atoms with Gasteiger partial charge < -0.3 is 25.0 Å². The number of hydrogen-bond acceptors (Lipinski definition) is 9. The summed E-state index contributed by atoms with van der Waals surface area (Å²) in [6, 6.07) is 23.0. The molecule has 0 fully saturated rings. The van der Waals surface area contributed by atoms with E-state index in [0.717, 1.165) is 51.1 Å². The Bertz CT molecular complexity index is 2360. The van der Waals surface area contributed by atoms with Gasteiger partial charge in [0.15, 0.2) is 0 Å². The minimum atomic E-state index is 0. The average molecular weight is 924 g/mol. The first-order chi connectivity index (χ1) is 26.5. The van der Waals surface area contributed by atoms with E-state index >= 15 is 0 Å². The van der Waals surface area contributed by atoms with Gasteiger partial charge in [-0.05, 0) is 77.9 Å². The molecular formula is C45H48N10Pt. The van der Waals surface area contributed by atoms with E-state index in [2.05, 4.69) is 118 Å². The molecule has 0 amide bonds. The summed E-state index contributed by atoms with van der Waals surface area (Å²) in [4.78, 5) is 32.6. The molecule has 7 aromatic rings. The van der Waals surface area contributed by atoms with Crippen LogP contribution in [0.5, 0.6) is 0 Å². The molecule has 11 heteroatoms. The summed E-state index contributed by atoms with van der Waals surface area (Å²) in [7, 11) is 3.95. The molecule has 1 aliphatic heterocycles. The Labute approximate surface area is 345 Å². The van der Waals surface area contributed by atoms with Crippen molar-refractivity contribution in [3.8, 4) is 11.1 Å². The van der Waals surface area contributed by atoms with Crippen LogP contribution < -0.4 is 25.0 Å². The molecule has 4 aromatic heterocycles. The van der Waals surface area contributed by atoms with Crippen molar-refractivity contribution in [1.29, 1.82) is 0 Å². The Morgan fingerprint density at radius 2 is 1.45 bits per heavy atom. The maximum Gasteiger partial charge on any atom is 4.00 e. The van der Waals surface area contributed by atoms with Crippen LogP contribution >= 0.6 is 0 Å². The van der Waals surface area contributed by atoms with Crippen LogP contribution in [0.1, 0.15) is 81.7 Å². The SMILES string of the molecule is Cc1nccnc1N(C)[CH-]Nc1[c-]c(N2[CH-]N(C)c3nccnc32)cc(-c2c(C(C)C)cc(C(C)C)cc2C(C)C)c1.[Pt+4].c1ccc2c(c1)[n-]c1cnccc12. The number of aromatic nitrogens is 6. The number of para-hydroxylation sites is 1. The van der Waals surface area contributed by atoms with Crippen LogP contribution in [0.3, 0.4) is 0 Å². The second-order valence-electron chi connectivity index (χ2n) is 14.9. The standard InChI is InChI=1S/C34H41N8.C11H7N2.Pt/c1-21(2)25-16-29(22(3)4)31(30(17-25)23(5)6)26-14-27(39-19-40(8)32-24(7)35-10-11-36-32)18-28(15-26)42-20-41(9)33-34(42)38-13-12-37-33;1-2-4-10-8(3-1)9-5-6-12-7-11(9)13-10;/h10-17,19-23,39H,1-9H3;1-7H;/q-3;-1;+4. The fourth-order valence-electron chi connectivity index (χ4n) is 7.00. The maximum atomic E-state index is 4.66. The van der Waals surface area contributed by atoms with Gasteiger partial charge in [-0.25, -0.2) is 15.0 Å². The zero-order chi connectivity index (χ0) is 38.8. The molecule has 0 bridgehead atoms. The fraction of sp³-hybridized carbons (Fsp3) is 0.267. The van der Waals surface area contributed by atoms with Gasteiger partial charge in [0.05, 0.1) is 5.69 Å². The number of anilines is 5. The predicted molar refractivity (Wildman–Crippen MR) is 226 cm³/mol. The number of benzene rings is 3. The summed E-state index contributed by atoms with van der Waals surface area (Å²) in [6.07, 6.45) is 10.5. The van der Waals surface area contributed by atoms with Crippen molar-refractivity contribution in [3.05, 3.63) is 134 Å². The van der Waals surface area contributed by atoms with Crippen molar-refractivity contribution in [2.24, 2.45) is 0 Å². The van der Waals surface area contributed by atoms with Crippen LogP contribution in [0.15, 0.2) is 91.8 Å². The van der Waals surface area contributed by atoms with Gasteiger partial charge in [-0.3, -0.25) is 9.97 Å². The molecule has 0 atom stereocenters. The van der Waals surface area contributed by atoms with Gasteiger partial charge in [0.25, 0.3) is 0 Å². The van der Waals surface area contributed by atoms with E-state index < -0.39 is 0 Å². The Hall–Kier alpha value is -5.34. The minimum absolute atomic E-state index is 0. The first kappa shape index (κ1) is 40.3. The van der Waals surface area contributed by atoms with Gasteiger partial charge in [-0.2, -0.15) is 6.67 Å². The third-order valence-electron chi connectivity index (χ3n) is 9.88. The molecule has 0 saturated heterocycles. The number of pyridine rings is 1. The van der Waals surface area contributed by atoms with Gasteiger partial charge in [0.2, 0.25) is 0 Å². The quantitative estimate of drug-likeness (QED) is 0.141. The van der Waals surface area contributed by atoms with Gasteiger partial charge >= 0.3 is 21.1 Å². The van der Waals surface area contributed by atoms with Crippen molar-refractivity contribution >= 4 is 50.6 Å². The van der Waals surface area contributed by atoms with E-state index in [9.17, 15) is 0 Å². The number of fused-ring (bicyclic) bond motifs is 4. The summed E-state index contributed by atoms with van der Waals surface area (Å²) in [6.45, 7) is 19.5. The average Bonchev–Trinajstić information content (AvgIpc) is 3.74. The van der Waals surface area contributed by atoms with Gasteiger partial charge in [-0.15, -0.1) is 52.8 Å². The van der Waals surface area contributed by atoms with Crippen LogP contribution in [0.25, 0.3) is 32.9 Å². The maximum absolute atomic E-state index is 4.66. The third-order valence-corrected chi connectivity index (χ3v) is 9.88. The van der Waals surface area contributed by atoms with Gasteiger partial charge in [0, 0.05) is 37.2 Å². The molecular weight excluding hydrogens is 876 g/mol. The summed E-state index contributed by atoms with van der Waals surface area (Å²) in [5.74, 6) is 3.53. The normalized spacial score (nSPS) is 12.3. The molecule has 288 valence electrons. The molecule has 5 heterocycles. The molecule has 0 saturated carbocycles. The molecule has 56 heavy (non-hydrogen) atoms. The molecule has 3 aromatic carbocycles. The first-order valence-electron chi connectivity index (χ1n) is 18.8. The Kier molecular flexibility index (Phi) is 12.4. The van der Waals surface area contributed by atoms with Crippen LogP contribution in [0, 0.1) is 26.3 Å². The zero-order valence-corrected chi connectivity index (χ0v) is 35.7. The Morgan fingerprint density at radius 3 is 2.14 bits per heavy atom. The van der Waals surface area contributed by atoms with Crippen molar-refractivity contribution < 1.29 is 21.1 Å². The zero-order valence-electron chi connectivity index (χ0n) is 33.4. The Balaban J connectivity index is 0.000000317. The molecule has 1 aliphatic rings. The summed E-state index contributed by atoms with van der Waals surface area (Å²) in [5, 5.41) is 5.89. The number of rotatable bonds is 9. The van der Waals surface area contributed by atoms with E-state index in [1.807, 2.05) is 68.4 Å². The molecule has 8 rings (SSSR count). The van der Waals surface area contributed by atoms with E-state index in [4.69, 9.17) is 0 Å². The van der Waals surface area contributed by atoms with Crippen LogP contribution in [-0.2, 0) is 21.1 Å². The monoisotopic (exact) mass is 923 g/mol. The molecule has 0 spiro atoms. The second-order valence-corrected chi connectivity index (χ2v) is 14.9. The number of hydrogen-bond donors (Lipinski definition) is 1. The van der Waals surface area contributed by atoms with Crippen LogP contribution in [0.4, 0.5) is 28.8 Å². The van der Waals surface area contributed by atoms with Crippen molar-refractivity contribution in [2.75, 3.05) is 34.1 Å². The molecule has 1 N–H and O–H groups in total. The van der Waals surface area contributed by atoms with Crippen LogP contribution in [-0.4, -0.2) is 39.0 Å². The van der Waals surface area contributed by atoms with Gasteiger partial charge in [-0.1, -0.05) is 77.9 Å². The van der Waals surface area contributed by atoms with E-state index in [0.29, 0.717) is 17.8 Å². The predicted octanol–water partition coefficient (Wildman–Crippen LogP) is 10.1. The summed E-state index contributed by atoms with van der Waals surface area (Å²) < 4.78 is 0. The van der Waals surface area contributed by atoms with Crippen LogP contribution in [0.2, 0.25) is 0 Å². The molecule has 0 unspecified atom stereocenters. The third kappa shape index (κ3) is 8.26. The molecule has 0 aliphatic carbocycles. The molecule has 0 radical (unpaired) electrons. The van der Waals surface area contributed by atoms with E-state index in [1.54, 1.807) is 37.2 Å². The van der Waals surface area contributed by atoms with Crippen molar-refractivity contribution in [1.82, 2.24) is 29.9 Å². The number of nitrogens with one attached hydrogen (secondary N) is 1. The fourth-order valence-corrected chi connectivity index (χ4v) is 7.00. The van der Waals surface area contributed by atoms with Gasteiger partial charge in [0.1, 0.15) is 17.5 Å². The smallest absolute Gasteiger partial charge is 0.656 e. The number of nitrogens with zero attached hydrogens (tertiary/aromatic N) is 9. The summed E-state index contributed by atoms with van der Waals surface area (Å²) >= 11 is 0. The minimum Gasteiger partial charge on any atom is -0.656 e. The van der Waals surface area contributed by atoms with E-state index in [-0.39, 0.29) is 21.1 Å². The number of aryl methyl sites for hydroxylation is 1. The topological polar surface area (TPSA) is 100 Å². The second kappa shape index (κ2) is 17.2. The first-order valence-corrected chi connectivity index (χ1v) is 18.8. The van der Waals surface area contributed by atoms with E-state index in [1.165, 1.54) is 33.0 Å². The van der Waals surface area contributed by atoms with Crippen molar-refractivity contribution in [3.63, 3.8) is 0 Å².